The van der Waals surface area contributed by atoms with E-state index in [9.17, 15) is 14.9 Å². The summed E-state index contributed by atoms with van der Waals surface area (Å²) in [7, 11) is 1.55. The Kier molecular flexibility index (Phi) is 4.82. The van der Waals surface area contributed by atoms with E-state index in [4.69, 9.17) is 17.0 Å². The molecule has 2 aromatic carbocycles. The molecule has 0 radical (unpaired) electrons. The SMILES string of the molecule is COc1cccc(N2C(=O)/C(=C/c3ccc([N+](=O)[O-])cc3)SC2=S)c1. The number of rotatable bonds is 4. The first-order valence-corrected chi connectivity index (χ1v) is 8.38. The first-order chi connectivity index (χ1) is 12.0. The van der Waals surface area contributed by atoms with Crippen molar-refractivity contribution in [3.63, 3.8) is 0 Å². The van der Waals surface area contributed by atoms with E-state index in [1.54, 1.807) is 49.6 Å². The molecule has 1 fully saturated rings. The minimum absolute atomic E-state index is 0.001000. The summed E-state index contributed by atoms with van der Waals surface area (Å²) in [6.45, 7) is 0. The van der Waals surface area contributed by atoms with E-state index in [0.717, 1.165) is 0 Å². The molecule has 0 aromatic heterocycles. The molecule has 3 rings (SSSR count). The minimum Gasteiger partial charge on any atom is -0.497 e. The van der Waals surface area contributed by atoms with Crippen LogP contribution < -0.4 is 9.64 Å². The van der Waals surface area contributed by atoms with Gasteiger partial charge >= 0.3 is 0 Å². The van der Waals surface area contributed by atoms with Crippen LogP contribution in [-0.2, 0) is 4.79 Å². The lowest BCUT2D eigenvalue weighted by Crippen LogP contribution is -2.27. The average molecular weight is 372 g/mol. The molecular weight excluding hydrogens is 360 g/mol. The highest BCUT2D eigenvalue weighted by Gasteiger charge is 2.33. The Bertz CT molecular complexity index is 894. The Hall–Kier alpha value is -2.71. The Morgan fingerprint density at radius 1 is 1.24 bits per heavy atom. The standard InChI is InChI=1S/C17H12N2O4S2/c1-23-14-4-2-3-13(10-14)18-16(20)15(25-17(18)24)9-11-5-7-12(8-6-11)19(21)22/h2-10H,1H3/b15-9-. The molecule has 126 valence electrons. The Morgan fingerprint density at radius 2 is 1.96 bits per heavy atom. The Morgan fingerprint density at radius 3 is 2.60 bits per heavy atom. The number of nitro groups is 1. The number of ether oxygens (including phenoxy) is 1. The molecule has 0 saturated carbocycles. The number of thiocarbonyl (C=S) groups is 1. The summed E-state index contributed by atoms with van der Waals surface area (Å²) in [5.41, 5.74) is 1.33. The fourth-order valence-electron chi connectivity index (χ4n) is 2.28. The molecule has 0 atom stereocenters. The van der Waals surface area contributed by atoms with Crippen LogP contribution in [0, 0.1) is 10.1 Å². The number of carbonyl (C=O) groups is 1. The van der Waals surface area contributed by atoms with Gasteiger partial charge in [0.25, 0.3) is 11.6 Å². The van der Waals surface area contributed by atoms with E-state index >= 15 is 0 Å². The van der Waals surface area contributed by atoms with Gasteiger partial charge < -0.3 is 4.74 Å². The predicted octanol–water partition coefficient (Wildman–Crippen LogP) is 4.01. The normalized spacial score (nSPS) is 15.7. The average Bonchev–Trinajstić information content (AvgIpc) is 2.89. The summed E-state index contributed by atoms with van der Waals surface area (Å²) in [4.78, 5) is 24.8. The largest absolute Gasteiger partial charge is 0.497 e. The molecule has 25 heavy (non-hydrogen) atoms. The smallest absolute Gasteiger partial charge is 0.270 e. The molecule has 1 aliphatic heterocycles. The third-order valence-electron chi connectivity index (χ3n) is 3.51. The van der Waals surface area contributed by atoms with Gasteiger partial charge in [-0.1, -0.05) is 30.0 Å². The highest BCUT2D eigenvalue weighted by atomic mass is 32.2. The fourth-order valence-corrected chi connectivity index (χ4v) is 3.58. The fraction of sp³-hybridized carbons (Fsp3) is 0.0588. The van der Waals surface area contributed by atoms with Gasteiger partial charge in [-0.05, 0) is 35.9 Å². The van der Waals surface area contributed by atoms with E-state index in [-0.39, 0.29) is 11.6 Å². The van der Waals surface area contributed by atoms with Crippen LogP contribution in [0.5, 0.6) is 5.75 Å². The number of methoxy groups -OCH3 is 1. The van der Waals surface area contributed by atoms with Crippen LogP contribution >= 0.6 is 24.0 Å². The molecule has 0 spiro atoms. The van der Waals surface area contributed by atoms with Crippen LogP contribution in [0.1, 0.15) is 5.56 Å². The van der Waals surface area contributed by atoms with E-state index in [1.807, 2.05) is 0 Å². The Labute approximate surface area is 153 Å². The van der Waals surface area contributed by atoms with Gasteiger partial charge in [0.1, 0.15) is 5.75 Å². The molecule has 1 amide bonds. The van der Waals surface area contributed by atoms with Gasteiger partial charge in [0.15, 0.2) is 4.32 Å². The lowest BCUT2D eigenvalue weighted by molar-refractivity contribution is -0.384. The summed E-state index contributed by atoms with van der Waals surface area (Å²) in [5.74, 6) is 0.396. The van der Waals surface area contributed by atoms with Crippen LogP contribution in [0.15, 0.2) is 53.4 Å². The van der Waals surface area contributed by atoms with Crippen LogP contribution in [0.25, 0.3) is 6.08 Å². The number of hydrogen-bond donors (Lipinski definition) is 0. The van der Waals surface area contributed by atoms with Crippen molar-refractivity contribution in [2.45, 2.75) is 0 Å². The van der Waals surface area contributed by atoms with E-state index < -0.39 is 4.92 Å². The molecule has 8 heteroatoms. The van der Waals surface area contributed by atoms with Gasteiger partial charge in [-0.3, -0.25) is 19.8 Å². The molecule has 1 aliphatic rings. The van der Waals surface area contributed by atoms with Crippen molar-refractivity contribution in [3.05, 3.63) is 69.1 Å². The van der Waals surface area contributed by atoms with Gasteiger partial charge in [-0.2, -0.15) is 0 Å². The van der Waals surface area contributed by atoms with Crippen molar-refractivity contribution in [1.29, 1.82) is 0 Å². The summed E-state index contributed by atoms with van der Waals surface area (Å²) >= 11 is 6.51. The first-order valence-electron chi connectivity index (χ1n) is 7.16. The predicted molar refractivity (Wildman–Crippen MR) is 102 cm³/mol. The van der Waals surface area contributed by atoms with Crippen molar-refractivity contribution in [2.24, 2.45) is 0 Å². The first kappa shape index (κ1) is 17.1. The topological polar surface area (TPSA) is 72.7 Å². The lowest BCUT2D eigenvalue weighted by atomic mass is 10.2. The highest BCUT2D eigenvalue weighted by Crippen LogP contribution is 2.37. The van der Waals surface area contributed by atoms with E-state index in [0.29, 0.717) is 26.2 Å². The van der Waals surface area contributed by atoms with Crippen LogP contribution in [0.4, 0.5) is 11.4 Å². The van der Waals surface area contributed by atoms with Crippen LogP contribution in [0.3, 0.4) is 0 Å². The van der Waals surface area contributed by atoms with Gasteiger partial charge in [0, 0.05) is 18.2 Å². The number of carbonyl (C=O) groups excluding carboxylic acids is 1. The second-order valence-electron chi connectivity index (χ2n) is 5.07. The summed E-state index contributed by atoms with van der Waals surface area (Å²) in [6, 6.07) is 13.1. The summed E-state index contributed by atoms with van der Waals surface area (Å²) in [6.07, 6.45) is 1.67. The lowest BCUT2D eigenvalue weighted by Gasteiger charge is -2.15. The molecule has 2 aromatic rings. The molecule has 0 bridgehead atoms. The maximum atomic E-state index is 12.7. The quantitative estimate of drug-likeness (QED) is 0.349. The number of nitro benzene ring substituents is 1. The van der Waals surface area contributed by atoms with E-state index in [1.165, 1.54) is 28.8 Å². The third-order valence-corrected chi connectivity index (χ3v) is 4.81. The van der Waals surface area contributed by atoms with Gasteiger partial charge in [-0.25, -0.2) is 0 Å². The maximum absolute atomic E-state index is 12.7. The third kappa shape index (κ3) is 3.54. The maximum Gasteiger partial charge on any atom is 0.270 e. The molecule has 0 unspecified atom stereocenters. The number of anilines is 1. The van der Waals surface area contributed by atoms with Crippen LogP contribution in [-0.4, -0.2) is 22.3 Å². The molecule has 0 N–H and O–H groups in total. The zero-order chi connectivity index (χ0) is 18.0. The van der Waals surface area contributed by atoms with Crippen molar-refractivity contribution in [1.82, 2.24) is 0 Å². The number of hydrogen-bond acceptors (Lipinski definition) is 6. The van der Waals surface area contributed by atoms with Crippen molar-refractivity contribution < 1.29 is 14.5 Å². The summed E-state index contributed by atoms with van der Waals surface area (Å²) < 4.78 is 5.60. The van der Waals surface area contributed by atoms with Gasteiger partial charge in [0.2, 0.25) is 0 Å². The monoisotopic (exact) mass is 372 g/mol. The second-order valence-corrected chi connectivity index (χ2v) is 6.74. The Balaban J connectivity index is 1.88. The zero-order valence-electron chi connectivity index (χ0n) is 13.0. The van der Waals surface area contributed by atoms with Gasteiger partial charge in [-0.15, -0.1) is 0 Å². The number of nitrogens with zero attached hydrogens (tertiary/aromatic N) is 2. The molecular formula is C17H12N2O4S2. The van der Waals surface area contributed by atoms with Crippen molar-refractivity contribution in [2.75, 3.05) is 12.0 Å². The zero-order valence-corrected chi connectivity index (χ0v) is 14.7. The number of thioether (sulfide) groups is 1. The van der Waals surface area contributed by atoms with Crippen molar-refractivity contribution >= 4 is 51.7 Å². The van der Waals surface area contributed by atoms with Gasteiger partial charge in [0.05, 0.1) is 22.6 Å². The molecule has 0 aliphatic carbocycles. The summed E-state index contributed by atoms with van der Waals surface area (Å²) in [5, 5.41) is 10.7. The molecule has 1 saturated heterocycles. The number of non-ortho nitro benzene ring substituents is 1. The van der Waals surface area contributed by atoms with Crippen LogP contribution in [0.2, 0.25) is 0 Å². The highest BCUT2D eigenvalue weighted by molar-refractivity contribution is 8.27. The van der Waals surface area contributed by atoms with Crippen molar-refractivity contribution in [3.8, 4) is 5.75 Å². The number of benzene rings is 2. The molecule has 1 heterocycles. The van der Waals surface area contributed by atoms with E-state index in [2.05, 4.69) is 0 Å². The minimum atomic E-state index is -0.466. The number of amides is 1. The second kappa shape index (κ2) is 7.04. The molecule has 6 nitrogen and oxygen atoms in total.